The second kappa shape index (κ2) is 7.90. The molecule has 0 fully saturated rings. The van der Waals surface area contributed by atoms with Gasteiger partial charge in [0.25, 0.3) is 0 Å². The summed E-state index contributed by atoms with van der Waals surface area (Å²) in [5.74, 6) is 1.23. The van der Waals surface area contributed by atoms with Gasteiger partial charge in [-0.1, -0.05) is 32.0 Å². The van der Waals surface area contributed by atoms with Gasteiger partial charge in [-0.05, 0) is 47.3 Å². The maximum absolute atomic E-state index is 6.02. The Kier molecular flexibility index (Phi) is 5.40. The van der Waals surface area contributed by atoms with Crippen LogP contribution in [0.15, 0.2) is 48.7 Å². The Morgan fingerprint density at radius 3 is 2.60 bits per heavy atom. The number of nitrogens with zero attached hydrogens (tertiary/aromatic N) is 4. The highest BCUT2D eigenvalue weighted by molar-refractivity contribution is 6.28. The number of halogens is 1. The van der Waals surface area contributed by atoms with Crippen LogP contribution in [0, 0.1) is 0 Å². The standard InChI is InChI=1S/C18H19ClN6/c1-12(2)13-6-5-8-14(10-13)22-18-24-16(19)23-17(25-18)21-11-15-7-3-4-9-20-15/h3-10,12H,11H2,1-2H3,(H2,21,22,23,24,25). The molecular formula is C18H19ClN6. The third-order valence-electron chi connectivity index (χ3n) is 3.57. The fourth-order valence-electron chi connectivity index (χ4n) is 2.26. The van der Waals surface area contributed by atoms with E-state index < -0.39 is 0 Å². The fourth-order valence-corrected chi connectivity index (χ4v) is 2.42. The summed E-state index contributed by atoms with van der Waals surface area (Å²) in [4.78, 5) is 16.8. The van der Waals surface area contributed by atoms with E-state index in [0.717, 1.165) is 11.4 Å². The largest absolute Gasteiger partial charge is 0.348 e. The lowest BCUT2D eigenvalue weighted by atomic mass is 10.0. The van der Waals surface area contributed by atoms with Gasteiger partial charge < -0.3 is 10.6 Å². The Bertz CT molecular complexity index is 838. The van der Waals surface area contributed by atoms with Gasteiger partial charge in [-0.2, -0.15) is 15.0 Å². The van der Waals surface area contributed by atoms with Crippen molar-refractivity contribution in [3.8, 4) is 0 Å². The van der Waals surface area contributed by atoms with Gasteiger partial charge in [0.05, 0.1) is 12.2 Å². The van der Waals surface area contributed by atoms with Crippen molar-refractivity contribution in [2.45, 2.75) is 26.3 Å². The number of rotatable bonds is 6. The van der Waals surface area contributed by atoms with Crippen LogP contribution >= 0.6 is 11.6 Å². The van der Waals surface area contributed by atoms with Crippen molar-refractivity contribution in [1.29, 1.82) is 0 Å². The fraction of sp³-hybridized carbons (Fsp3) is 0.222. The van der Waals surface area contributed by atoms with E-state index in [1.54, 1.807) is 6.20 Å². The molecule has 2 N–H and O–H groups in total. The first-order valence-electron chi connectivity index (χ1n) is 8.02. The minimum atomic E-state index is 0.126. The van der Waals surface area contributed by atoms with Crippen LogP contribution in [0.3, 0.4) is 0 Å². The number of anilines is 3. The molecule has 7 heteroatoms. The number of hydrogen-bond donors (Lipinski definition) is 2. The summed E-state index contributed by atoms with van der Waals surface area (Å²) in [6.07, 6.45) is 1.74. The van der Waals surface area contributed by atoms with Gasteiger partial charge in [-0.3, -0.25) is 4.98 Å². The normalized spacial score (nSPS) is 10.7. The Balaban J connectivity index is 1.74. The first kappa shape index (κ1) is 17.1. The zero-order valence-electron chi connectivity index (χ0n) is 14.1. The Hall–Kier alpha value is -2.73. The van der Waals surface area contributed by atoms with Gasteiger partial charge in [0, 0.05) is 11.9 Å². The second-order valence-electron chi connectivity index (χ2n) is 5.83. The molecule has 0 aliphatic rings. The highest BCUT2D eigenvalue weighted by Gasteiger charge is 2.07. The predicted molar refractivity (Wildman–Crippen MR) is 100 cm³/mol. The van der Waals surface area contributed by atoms with Crippen molar-refractivity contribution in [1.82, 2.24) is 19.9 Å². The van der Waals surface area contributed by atoms with Gasteiger partial charge in [0.1, 0.15) is 0 Å². The molecule has 0 amide bonds. The molecule has 0 bridgehead atoms. The van der Waals surface area contributed by atoms with Crippen LogP contribution in [0.5, 0.6) is 0 Å². The van der Waals surface area contributed by atoms with E-state index in [0.29, 0.717) is 24.4 Å². The molecule has 0 aliphatic carbocycles. The van der Waals surface area contributed by atoms with Crippen LogP contribution in [-0.4, -0.2) is 19.9 Å². The van der Waals surface area contributed by atoms with E-state index >= 15 is 0 Å². The van der Waals surface area contributed by atoms with Crippen molar-refractivity contribution in [2.24, 2.45) is 0 Å². The average Bonchev–Trinajstić information content (AvgIpc) is 2.60. The summed E-state index contributed by atoms with van der Waals surface area (Å²) in [5.41, 5.74) is 3.03. The van der Waals surface area contributed by atoms with Crippen molar-refractivity contribution in [3.05, 3.63) is 65.2 Å². The molecule has 6 nitrogen and oxygen atoms in total. The first-order valence-corrected chi connectivity index (χ1v) is 8.40. The van der Waals surface area contributed by atoms with Gasteiger partial charge in [-0.15, -0.1) is 0 Å². The van der Waals surface area contributed by atoms with E-state index in [-0.39, 0.29) is 5.28 Å². The second-order valence-corrected chi connectivity index (χ2v) is 6.17. The number of nitrogens with one attached hydrogen (secondary N) is 2. The molecular weight excluding hydrogens is 336 g/mol. The Morgan fingerprint density at radius 2 is 1.84 bits per heavy atom. The smallest absolute Gasteiger partial charge is 0.233 e. The molecule has 0 spiro atoms. The van der Waals surface area contributed by atoms with Gasteiger partial charge in [-0.25, -0.2) is 0 Å². The third kappa shape index (κ3) is 4.87. The molecule has 0 unspecified atom stereocenters. The molecule has 0 radical (unpaired) electrons. The van der Waals surface area contributed by atoms with Gasteiger partial charge in [0.2, 0.25) is 17.2 Å². The highest BCUT2D eigenvalue weighted by atomic mass is 35.5. The lowest BCUT2D eigenvalue weighted by Gasteiger charge is -2.10. The summed E-state index contributed by atoms with van der Waals surface area (Å²) in [6, 6.07) is 13.9. The molecule has 3 aromatic rings. The van der Waals surface area contributed by atoms with Crippen LogP contribution in [0.1, 0.15) is 31.0 Å². The molecule has 128 valence electrons. The monoisotopic (exact) mass is 354 g/mol. The van der Waals surface area contributed by atoms with E-state index in [9.17, 15) is 0 Å². The number of pyridine rings is 1. The van der Waals surface area contributed by atoms with Gasteiger partial charge in [0.15, 0.2) is 0 Å². The van der Waals surface area contributed by atoms with Crippen LogP contribution in [0.25, 0.3) is 0 Å². The average molecular weight is 355 g/mol. The molecule has 2 heterocycles. The molecule has 25 heavy (non-hydrogen) atoms. The van der Waals surface area contributed by atoms with Crippen LogP contribution < -0.4 is 10.6 Å². The zero-order valence-corrected chi connectivity index (χ0v) is 14.8. The molecule has 0 atom stereocenters. The number of benzene rings is 1. The van der Waals surface area contributed by atoms with Crippen LogP contribution in [0.4, 0.5) is 17.6 Å². The highest BCUT2D eigenvalue weighted by Crippen LogP contribution is 2.21. The lowest BCUT2D eigenvalue weighted by Crippen LogP contribution is -2.08. The summed E-state index contributed by atoms with van der Waals surface area (Å²) in [6.45, 7) is 4.81. The summed E-state index contributed by atoms with van der Waals surface area (Å²) >= 11 is 6.02. The van der Waals surface area contributed by atoms with Crippen molar-refractivity contribution in [3.63, 3.8) is 0 Å². The minimum absolute atomic E-state index is 0.126. The molecule has 1 aromatic carbocycles. The molecule has 0 saturated carbocycles. The quantitative estimate of drug-likeness (QED) is 0.683. The number of aromatic nitrogens is 4. The molecule has 0 aliphatic heterocycles. The van der Waals surface area contributed by atoms with Crippen molar-refractivity contribution < 1.29 is 0 Å². The maximum atomic E-state index is 6.02. The minimum Gasteiger partial charge on any atom is -0.348 e. The zero-order chi connectivity index (χ0) is 17.6. The number of hydrogen-bond acceptors (Lipinski definition) is 6. The lowest BCUT2D eigenvalue weighted by molar-refractivity contribution is 0.867. The SMILES string of the molecule is CC(C)c1cccc(Nc2nc(Cl)nc(NCc3ccccn3)n2)c1. The first-order chi connectivity index (χ1) is 12.1. The predicted octanol–water partition coefficient (Wildman–Crippen LogP) is 4.40. The summed E-state index contributed by atoms with van der Waals surface area (Å²) < 4.78 is 0. The van der Waals surface area contributed by atoms with E-state index in [1.807, 2.05) is 30.3 Å². The van der Waals surface area contributed by atoms with Crippen molar-refractivity contribution >= 4 is 29.2 Å². The van der Waals surface area contributed by atoms with E-state index in [2.05, 4.69) is 56.5 Å². The Labute approximate surface area is 151 Å². The van der Waals surface area contributed by atoms with Gasteiger partial charge >= 0.3 is 0 Å². The van der Waals surface area contributed by atoms with Crippen LogP contribution in [-0.2, 0) is 6.54 Å². The maximum Gasteiger partial charge on any atom is 0.233 e. The van der Waals surface area contributed by atoms with E-state index in [4.69, 9.17) is 11.6 Å². The topological polar surface area (TPSA) is 75.6 Å². The molecule has 3 rings (SSSR count). The summed E-state index contributed by atoms with van der Waals surface area (Å²) in [7, 11) is 0. The summed E-state index contributed by atoms with van der Waals surface area (Å²) in [5, 5.41) is 6.41. The Morgan fingerprint density at radius 1 is 1.00 bits per heavy atom. The van der Waals surface area contributed by atoms with E-state index in [1.165, 1.54) is 5.56 Å². The molecule has 0 saturated heterocycles. The molecule has 2 aromatic heterocycles. The van der Waals surface area contributed by atoms with Crippen molar-refractivity contribution in [2.75, 3.05) is 10.6 Å². The third-order valence-corrected chi connectivity index (χ3v) is 3.74. The van der Waals surface area contributed by atoms with Crippen LogP contribution in [0.2, 0.25) is 5.28 Å².